The number of hydrogen-bond acceptors (Lipinski definition) is 2. The molecule has 0 unspecified atom stereocenters. The number of carbonyl (C=O) groups is 1. The van der Waals surface area contributed by atoms with Gasteiger partial charge in [0.05, 0.1) is 12.7 Å². The van der Waals surface area contributed by atoms with E-state index in [0.717, 1.165) is 11.1 Å². The Hall–Kier alpha value is -1.22. The fourth-order valence-electron chi connectivity index (χ4n) is 1.70. The van der Waals surface area contributed by atoms with Crippen molar-refractivity contribution in [3.05, 3.63) is 57.0 Å². The molecule has 2 aromatic carbocycles. The minimum absolute atomic E-state index is 0.371. The molecule has 0 heterocycles. The summed E-state index contributed by atoms with van der Waals surface area (Å²) in [6.45, 7) is 0. The number of benzene rings is 2. The molecule has 0 bridgehead atoms. The van der Waals surface area contributed by atoms with E-state index in [1.807, 2.05) is 0 Å². The van der Waals surface area contributed by atoms with E-state index in [4.69, 9.17) is 34.8 Å². The maximum atomic E-state index is 11.6. The molecule has 0 aliphatic carbocycles. The lowest BCUT2D eigenvalue weighted by atomic mass is 10.0. The first-order valence-electron chi connectivity index (χ1n) is 5.35. The Morgan fingerprint density at radius 2 is 1.74 bits per heavy atom. The van der Waals surface area contributed by atoms with Crippen LogP contribution in [0.25, 0.3) is 11.1 Å². The van der Waals surface area contributed by atoms with E-state index in [2.05, 4.69) is 4.74 Å². The Labute approximate surface area is 125 Å². The first kappa shape index (κ1) is 14.2. The largest absolute Gasteiger partial charge is 0.465 e. The molecule has 0 amide bonds. The van der Waals surface area contributed by atoms with Crippen LogP contribution in [0.3, 0.4) is 0 Å². The van der Waals surface area contributed by atoms with Crippen molar-refractivity contribution in [2.24, 2.45) is 0 Å². The lowest BCUT2D eigenvalue weighted by Gasteiger charge is -2.08. The van der Waals surface area contributed by atoms with Gasteiger partial charge in [-0.25, -0.2) is 4.79 Å². The van der Waals surface area contributed by atoms with Crippen LogP contribution in [-0.4, -0.2) is 13.1 Å². The van der Waals surface area contributed by atoms with E-state index in [0.29, 0.717) is 20.6 Å². The van der Waals surface area contributed by atoms with Crippen LogP contribution < -0.4 is 0 Å². The lowest BCUT2D eigenvalue weighted by molar-refractivity contribution is 0.0601. The average Bonchev–Trinajstić information content (AvgIpc) is 2.37. The summed E-state index contributed by atoms with van der Waals surface area (Å²) in [5.41, 5.74) is 1.85. The van der Waals surface area contributed by atoms with Crippen molar-refractivity contribution in [1.29, 1.82) is 0 Å². The van der Waals surface area contributed by atoms with Gasteiger partial charge in [0.25, 0.3) is 0 Å². The van der Waals surface area contributed by atoms with E-state index < -0.39 is 5.97 Å². The highest BCUT2D eigenvalue weighted by atomic mass is 35.5. The molecule has 0 saturated heterocycles. The maximum Gasteiger partial charge on any atom is 0.337 e. The van der Waals surface area contributed by atoms with E-state index in [1.165, 1.54) is 7.11 Å². The second-order valence-corrected chi connectivity index (χ2v) is 5.12. The predicted molar refractivity (Wildman–Crippen MR) is 78.2 cm³/mol. The molecule has 0 N–H and O–H groups in total. The molecule has 0 spiro atoms. The monoisotopic (exact) mass is 314 g/mol. The molecule has 0 saturated carbocycles. The molecule has 0 fully saturated rings. The number of hydrogen-bond donors (Lipinski definition) is 0. The summed E-state index contributed by atoms with van der Waals surface area (Å²) in [6.07, 6.45) is 0. The molecule has 2 rings (SSSR count). The zero-order chi connectivity index (χ0) is 14.0. The van der Waals surface area contributed by atoms with Crippen molar-refractivity contribution >= 4 is 40.8 Å². The van der Waals surface area contributed by atoms with E-state index in [1.54, 1.807) is 36.4 Å². The Morgan fingerprint density at radius 1 is 1.00 bits per heavy atom. The first-order chi connectivity index (χ1) is 9.01. The van der Waals surface area contributed by atoms with Gasteiger partial charge in [0.2, 0.25) is 0 Å². The Morgan fingerprint density at radius 3 is 2.37 bits per heavy atom. The van der Waals surface area contributed by atoms with E-state index >= 15 is 0 Å². The van der Waals surface area contributed by atoms with Crippen LogP contribution in [0, 0.1) is 0 Å². The second kappa shape index (κ2) is 5.83. The zero-order valence-electron chi connectivity index (χ0n) is 9.91. The van der Waals surface area contributed by atoms with Gasteiger partial charge in [-0.2, -0.15) is 0 Å². The molecule has 2 aromatic rings. The summed E-state index contributed by atoms with van der Waals surface area (Å²) in [5, 5.41) is 1.47. The highest BCUT2D eigenvalue weighted by molar-refractivity contribution is 6.36. The third kappa shape index (κ3) is 3.21. The van der Waals surface area contributed by atoms with Crippen LogP contribution in [-0.2, 0) is 4.74 Å². The molecule has 0 atom stereocenters. The Balaban J connectivity index is 2.56. The normalized spacial score (nSPS) is 10.3. The van der Waals surface area contributed by atoms with E-state index in [9.17, 15) is 4.79 Å². The van der Waals surface area contributed by atoms with Crippen molar-refractivity contribution < 1.29 is 9.53 Å². The third-order valence-corrected chi connectivity index (χ3v) is 3.33. The Kier molecular flexibility index (Phi) is 4.35. The molecule has 98 valence electrons. The predicted octanol–water partition coefficient (Wildman–Crippen LogP) is 5.10. The quantitative estimate of drug-likeness (QED) is 0.721. The molecular weight excluding hydrogens is 307 g/mol. The van der Waals surface area contributed by atoms with Crippen molar-refractivity contribution in [2.75, 3.05) is 7.11 Å². The molecule has 0 aliphatic rings. The number of ether oxygens (including phenoxy) is 1. The summed E-state index contributed by atoms with van der Waals surface area (Å²) in [7, 11) is 1.32. The van der Waals surface area contributed by atoms with Crippen LogP contribution in [0.5, 0.6) is 0 Å². The van der Waals surface area contributed by atoms with E-state index in [-0.39, 0.29) is 0 Å². The molecule has 5 heteroatoms. The third-order valence-electron chi connectivity index (χ3n) is 2.56. The van der Waals surface area contributed by atoms with Crippen LogP contribution in [0.4, 0.5) is 0 Å². The van der Waals surface area contributed by atoms with Gasteiger partial charge in [-0.1, -0.05) is 40.9 Å². The molecule has 2 nitrogen and oxygen atoms in total. The number of methoxy groups -OCH3 is 1. The molecule has 19 heavy (non-hydrogen) atoms. The summed E-state index contributed by atoms with van der Waals surface area (Å²) in [5.74, 6) is -0.450. The van der Waals surface area contributed by atoms with Crippen molar-refractivity contribution in [3.8, 4) is 11.1 Å². The van der Waals surface area contributed by atoms with Crippen LogP contribution >= 0.6 is 34.8 Å². The van der Waals surface area contributed by atoms with Crippen molar-refractivity contribution in [2.45, 2.75) is 0 Å². The van der Waals surface area contributed by atoms with Gasteiger partial charge < -0.3 is 4.74 Å². The SMILES string of the molecule is COC(=O)c1cc(Cl)cc(-c2ccc(Cl)cc2Cl)c1. The Bertz CT molecular complexity index is 639. The standard InChI is InChI=1S/C14H9Cl3O2/c1-19-14(18)9-4-8(5-11(16)6-9)12-3-2-10(15)7-13(12)17/h2-7H,1H3. The smallest absolute Gasteiger partial charge is 0.337 e. The average molecular weight is 316 g/mol. The van der Waals surface area contributed by atoms with Gasteiger partial charge in [0.1, 0.15) is 0 Å². The number of carbonyl (C=O) groups excluding carboxylic acids is 1. The summed E-state index contributed by atoms with van der Waals surface area (Å²) in [4.78, 5) is 11.6. The fourth-order valence-corrected chi connectivity index (χ4v) is 2.46. The van der Waals surface area contributed by atoms with Gasteiger partial charge in [0, 0.05) is 20.6 Å². The van der Waals surface area contributed by atoms with Crippen molar-refractivity contribution in [3.63, 3.8) is 0 Å². The summed E-state index contributed by atoms with van der Waals surface area (Å²) >= 11 is 18.0. The molecule has 0 aromatic heterocycles. The summed E-state index contributed by atoms with van der Waals surface area (Å²) < 4.78 is 4.68. The minimum atomic E-state index is -0.450. The topological polar surface area (TPSA) is 26.3 Å². The fraction of sp³-hybridized carbons (Fsp3) is 0.0714. The van der Waals surface area contributed by atoms with Crippen LogP contribution in [0.2, 0.25) is 15.1 Å². The highest BCUT2D eigenvalue weighted by Gasteiger charge is 2.11. The van der Waals surface area contributed by atoms with Gasteiger partial charge in [-0.3, -0.25) is 0 Å². The molecule has 0 radical (unpaired) electrons. The highest BCUT2D eigenvalue weighted by Crippen LogP contribution is 2.32. The van der Waals surface area contributed by atoms with Gasteiger partial charge >= 0.3 is 5.97 Å². The maximum absolute atomic E-state index is 11.6. The first-order valence-corrected chi connectivity index (χ1v) is 6.49. The summed E-state index contributed by atoms with van der Waals surface area (Å²) in [6, 6.07) is 10.1. The zero-order valence-corrected chi connectivity index (χ0v) is 12.2. The van der Waals surface area contributed by atoms with Crippen LogP contribution in [0.1, 0.15) is 10.4 Å². The number of halogens is 3. The second-order valence-electron chi connectivity index (χ2n) is 3.84. The van der Waals surface area contributed by atoms with Gasteiger partial charge in [-0.05, 0) is 35.9 Å². The van der Waals surface area contributed by atoms with Crippen molar-refractivity contribution in [1.82, 2.24) is 0 Å². The van der Waals surface area contributed by atoms with Gasteiger partial charge in [-0.15, -0.1) is 0 Å². The van der Waals surface area contributed by atoms with Gasteiger partial charge in [0.15, 0.2) is 0 Å². The molecule has 0 aliphatic heterocycles. The number of rotatable bonds is 2. The lowest BCUT2D eigenvalue weighted by Crippen LogP contribution is -2.01. The minimum Gasteiger partial charge on any atom is -0.465 e. The molecular formula is C14H9Cl3O2. The van der Waals surface area contributed by atoms with Crippen LogP contribution in [0.15, 0.2) is 36.4 Å². The number of esters is 1.